The Morgan fingerprint density at radius 1 is 1.19 bits per heavy atom. The molecular formula is C24H24N4O3S. The number of nitrogens with zero attached hydrogens (tertiary/aromatic N) is 3. The lowest BCUT2D eigenvalue weighted by molar-refractivity contribution is -0.120. The van der Waals surface area contributed by atoms with Gasteiger partial charge in [0.1, 0.15) is 6.04 Å². The van der Waals surface area contributed by atoms with Gasteiger partial charge in [0.15, 0.2) is 16.6 Å². The minimum atomic E-state index is -0.385. The molecule has 1 aliphatic rings. The second-order valence-electron chi connectivity index (χ2n) is 8.21. The Kier molecular flexibility index (Phi) is 5.30. The third-order valence-corrected chi connectivity index (χ3v) is 6.68. The van der Waals surface area contributed by atoms with Crippen molar-refractivity contribution in [2.75, 3.05) is 12.1 Å². The average Bonchev–Trinajstić information content (AvgIpc) is 3.47. The van der Waals surface area contributed by atoms with Gasteiger partial charge >= 0.3 is 0 Å². The first-order valence-corrected chi connectivity index (χ1v) is 11.4. The van der Waals surface area contributed by atoms with Gasteiger partial charge in [-0.05, 0) is 42.7 Å². The van der Waals surface area contributed by atoms with Crippen molar-refractivity contribution in [2.45, 2.75) is 33.2 Å². The number of hydrogen-bond acceptors (Lipinski definition) is 6. The van der Waals surface area contributed by atoms with E-state index >= 15 is 0 Å². The highest BCUT2D eigenvalue weighted by atomic mass is 32.1. The number of carbonyl (C=O) groups is 1. The number of amides is 1. The van der Waals surface area contributed by atoms with E-state index in [1.807, 2.05) is 67.8 Å². The summed E-state index contributed by atoms with van der Waals surface area (Å²) in [6, 6.07) is 13.4. The van der Waals surface area contributed by atoms with Gasteiger partial charge in [-0.3, -0.25) is 4.79 Å². The molecule has 7 nitrogen and oxygen atoms in total. The molecule has 2 aromatic heterocycles. The highest BCUT2D eigenvalue weighted by Crippen LogP contribution is 2.34. The molecule has 164 valence electrons. The van der Waals surface area contributed by atoms with E-state index in [0.29, 0.717) is 5.13 Å². The summed E-state index contributed by atoms with van der Waals surface area (Å²) in [7, 11) is 0. The number of benzene rings is 2. The molecule has 5 rings (SSSR count). The smallest absolute Gasteiger partial charge is 0.249 e. The number of hydrogen-bond donors (Lipinski definition) is 1. The van der Waals surface area contributed by atoms with E-state index < -0.39 is 0 Å². The van der Waals surface area contributed by atoms with Crippen LogP contribution in [0, 0.1) is 12.8 Å². The van der Waals surface area contributed by atoms with Crippen molar-refractivity contribution < 1.29 is 14.3 Å². The molecule has 1 N–H and O–H groups in total. The molecule has 2 aromatic carbocycles. The maximum absolute atomic E-state index is 13.3. The molecule has 0 bridgehead atoms. The van der Waals surface area contributed by atoms with Gasteiger partial charge < -0.3 is 19.4 Å². The maximum atomic E-state index is 13.3. The summed E-state index contributed by atoms with van der Waals surface area (Å²) >= 11 is 1.51. The Hall–Kier alpha value is -3.39. The minimum absolute atomic E-state index is 0.0850. The molecule has 0 fully saturated rings. The number of para-hydroxylation sites is 2. The van der Waals surface area contributed by atoms with E-state index in [4.69, 9.17) is 9.47 Å². The third kappa shape index (κ3) is 3.82. The molecule has 8 heteroatoms. The van der Waals surface area contributed by atoms with E-state index in [9.17, 15) is 4.79 Å². The fourth-order valence-corrected chi connectivity index (χ4v) is 5.01. The lowest BCUT2D eigenvalue weighted by Crippen LogP contribution is -2.29. The topological polar surface area (TPSA) is 78.3 Å². The molecule has 0 spiro atoms. The predicted molar refractivity (Wildman–Crippen MR) is 124 cm³/mol. The number of aromatic nitrogens is 3. The van der Waals surface area contributed by atoms with Crippen molar-refractivity contribution in [3.05, 3.63) is 64.9 Å². The number of anilines is 1. The lowest BCUT2D eigenvalue weighted by atomic mass is 10.0. The largest absolute Gasteiger partial charge is 0.454 e. The van der Waals surface area contributed by atoms with Crippen LogP contribution >= 0.6 is 11.3 Å². The highest BCUT2D eigenvalue weighted by Gasteiger charge is 2.26. The normalized spacial score (nSPS) is 13.6. The Bertz CT molecular complexity index is 1290. The fraction of sp³-hybridized carbons (Fsp3) is 0.292. The number of nitrogens with one attached hydrogen (secondary N) is 1. The molecule has 0 saturated heterocycles. The van der Waals surface area contributed by atoms with E-state index in [0.717, 1.165) is 45.1 Å². The summed E-state index contributed by atoms with van der Waals surface area (Å²) in [4.78, 5) is 23.4. The van der Waals surface area contributed by atoms with Crippen LogP contribution in [-0.4, -0.2) is 27.2 Å². The predicted octanol–water partition coefficient (Wildman–Crippen LogP) is 4.96. The number of fused-ring (bicyclic) bond motifs is 2. The number of thiazole rings is 1. The zero-order valence-electron chi connectivity index (χ0n) is 18.2. The Balaban J connectivity index is 1.36. The van der Waals surface area contributed by atoms with Crippen LogP contribution in [0.3, 0.4) is 0 Å². The van der Waals surface area contributed by atoms with Gasteiger partial charge in [-0.1, -0.05) is 32.0 Å². The molecule has 0 radical (unpaired) electrons. The van der Waals surface area contributed by atoms with Gasteiger partial charge in [-0.15, -0.1) is 11.3 Å². The SMILES string of the molecule is Cc1nc(NC(=O)[C@H](C(C)C)n2cnc3ccccc32)sc1Cc1ccc2c(c1)OCO2. The maximum Gasteiger partial charge on any atom is 0.249 e. The molecule has 4 aromatic rings. The van der Waals surface area contributed by atoms with Crippen LogP contribution in [0.25, 0.3) is 11.0 Å². The first-order chi connectivity index (χ1) is 15.5. The number of aryl methyl sites for hydroxylation is 1. The highest BCUT2D eigenvalue weighted by molar-refractivity contribution is 7.15. The van der Waals surface area contributed by atoms with Crippen LogP contribution in [0.4, 0.5) is 5.13 Å². The van der Waals surface area contributed by atoms with Crippen molar-refractivity contribution in [2.24, 2.45) is 5.92 Å². The number of carbonyl (C=O) groups excluding carboxylic acids is 1. The van der Waals surface area contributed by atoms with Crippen LogP contribution in [0.2, 0.25) is 0 Å². The quantitative estimate of drug-likeness (QED) is 0.451. The standard InChI is InChI=1S/C24H24N4O3S/c1-14(2)22(28-12-25-17-6-4-5-7-18(17)28)23(29)27-24-26-15(3)21(32-24)11-16-8-9-19-20(10-16)31-13-30-19/h4-10,12,14,22H,11,13H2,1-3H3,(H,26,27,29)/t22-/m0/s1. The summed E-state index contributed by atoms with van der Waals surface area (Å²) in [5.41, 5.74) is 3.85. The molecule has 1 aliphatic heterocycles. The Labute approximate surface area is 190 Å². The summed E-state index contributed by atoms with van der Waals surface area (Å²) in [5.74, 6) is 1.54. The summed E-state index contributed by atoms with van der Waals surface area (Å²) in [6.45, 7) is 6.31. The van der Waals surface area contributed by atoms with Crippen molar-refractivity contribution in [3.63, 3.8) is 0 Å². The van der Waals surface area contributed by atoms with Crippen LogP contribution < -0.4 is 14.8 Å². The van der Waals surface area contributed by atoms with Gasteiger partial charge in [0.25, 0.3) is 0 Å². The van der Waals surface area contributed by atoms with Crippen molar-refractivity contribution in [3.8, 4) is 11.5 Å². The minimum Gasteiger partial charge on any atom is -0.454 e. The molecule has 0 aliphatic carbocycles. The number of imidazole rings is 1. The second kappa shape index (κ2) is 8.27. The van der Waals surface area contributed by atoms with Crippen molar-refractivity contribution in [1.29, 1.82) is 0 Å². The first kappa shape index (κ1) is 20.5. The summed E-state index contributed by atoms with van der Waals surface area (Å²) < 4.78 is 12.8. The van der Waals surface area contributed by atoms with E-state index in [1.54, 1.807) is 6.33 Å². The fourth-order valence-electron chi connectivity index (χ4n) is 4.01. The first-order valence-electron chi connectivity index (χ1n) is 10.6. The number of ether oxygens (including phenoxy) is 2. The van der Waals surface area contributed by atoms with Gasteiger partial charge in [-0.2, -0.15) is 0 Å². The molecule has 0 saturated carbocycles. The van der Waals surface area contributed by atoms with Gasteiger partial charge in [0.2, 0.25) is 12.7 Å². The van der Waals surface area contributed by atoms with Crippen molar-refractivity contribution in [1.82, 2.24) is 14.5 Å². The summed E-state index contributed by atoms with van der Waals surface area (Å²) in [6.07, 6.45) is 2.46. The van der Waals surface area contributed by atoms with Crippen LogP contribution in [-0.2, 0) is 11.2 Å². The van der Waals surface area contributed by atoms with E-state index in [2.05, 4.69) is 15.3 Å². The van der Waals surface area contributed by atoms with Crippen molar-refractivity contribution >= 4 is 33.4 Å². The lowest BCUT2D eigenvalue weighted by Gasteiger charge is -2.21. The Morgan fingerprint density at radius 3 is 2.84 bits per heavy atom. The monoisotopic (exact) mass is 448 g/mol. The molecule has 32 heavy (non-hydrogen) atoms. The summed E-state index contributed by atoms with van der Waals surface area (Å²) in [5, 5.41) is 3.65. The van der Waals surface area contributed by atoms with Gasteiger partial charge in [0, 0.05) is 11.3 Å². The van der Waals surface area contributed by atoms with Crippen LogP contribution in [0.5, 0.6) is 11.5 Å². The van der Waals surface area contributed by atoms with E-state index in [-0.39, 0.29) is 24.7 Å². The average molecular weight is 449 g/mol. The molecule has 1 amide bonds. The van der Waals surface area contributed by atoms with Gasteiger partial charge in [-0.25, -0.2) is 9.97 Å². The second-order valence-corrected chi connectivity index (χ2v) is 9.29. The Morgan fingerprint density at radius 2 is 2.00 bits per heavy atom. The van der Waals surface area contributed by atoms with Crippen LogP contribution in [0.15, 0.2) is 48.8 Å². The van der Waals surface area contributed by atoms with E-state index in [1.165, 1.54) is 11.3 Å². The third-order valence-electron chi connectivity index (χ3n) is 5.61. The molecule has 1 atom stereocenters. The zero-order chi connectivity index (χ0) is 22.2. The zero-order valence-corrected chi connectivity index (χ0v) is 19.0. The molecular weight excluding hydrogens is 424 g/mol. The molecule has 0 unspecified atom stereocenters. The number of rotatable bonds is 6. The van der Waals surface area contributed by atoms with Gasteiger partial charge in [0.05, 0.1) is 23.1 Å². The van der Waals surface area contributed by atoms with Crippen LogP contribution in [0.1, 0.15) is 36.0 Å². The molecule has 3 heterocycles.